The Bertz CT molecular complexity index is 5200. The van der Waals surface area contributed by atoms with Gasteiger partial charge >= 0.3 is 0 Å². The minimum Gasteiger partial charge on any atom is -0.310 e. The molecule has 11 aromatic carbocycles. The van der Waals surface area contributed by atoms with Crippen molar-refractivity contribution in [3.05, 3.63) is 251 Å². The van der Waals surface area contributed by atoms with Gasteiger partial charge in [0.05, 0.1) is 33.2 Å². The topological polar surface area (TPSA) is 14.8 Å². The Balaban J connectivity index is 1.01. The molecule has 3 nitrogen and oxygen atoms in total. The number of para-hydroxylation sites is 2. The van der Waals surface area contributed by atoms with Crippen LogP contribution in [0.15, 0.2) is 206 Å². The molecule has 4 heteroatoms. The first-order valence-corrected chi connectivity index (χ1v) is 31.6. The van der Waals surface area contributed by atoms with Gasteiger partial charge in [-0.1, -0.05) is 235 Å². The summed E-state index contributed by atoms with van der Waals surface area (Å²) in [5.74, 6) is 0. The van der Waals surface area contributed by atoms with Gasteiger partial charge in [-0.3, -0.25) is 0 Å². The van der Waals surface area contributed by atoms with Gasteiger partial charge in [-0.15, -0.1) is 0 Å². The zero-order chi connectivity index (χ0) is 59.3. The van der Waals surface area contributed by atoms with Crippen molar-refractivity contribution in [2.45, 2.75) is 110 Å². The largest absolute Gasteiger partial charge is 0.310 e. The average Bonchev–Trinajstić information content (AvgIpc) is 1.57. The third-order valence-electron chi connectivity index (χ3n) is 21.0. The van der Waals surface area contributed by atoms with Crippen LogP contribution in [-0.2, 0) is 27.1 Å². The van der Waals surface area contributed by atoms with E-state index in [1.807, 2.05) is 0 Å². The van der Waals surface area contributed by atoms with Gasteiger partial charge in [0.15, 0.2) is 0 Å². The number of fused-ring (bicyclic) bond motifs is 23. The molecule has 0 radical (unpaired) electrons. The third-order valence-corrected chi connectivity index (χ3v) is 21.0. The molecule has 0 amide bonds. The molecular formula is C83H70BN3. The maximum absolute atomic E-state index is 2.70. The quantitative estimate of drug-likeness (QED) is 0.153. The first-order valence-electron chi connectivity index (χ1n) is 31.6. The Morgan fingerprint density at radius 3 is 1.20 bits per heavy atom. The fourth-order valence-electron chi connectivity index (χ4n) is 16.9. The highest BCUT2D eigenvalue weighted by Crippen LogP contribution is 2.65. The maximum Gasteiger partial charge on any atom is 0.252 e. The summed E-state index contributed by atoms with van der Waals surface area (Å²) in [5, 5.41) is 7.79. The van der Waals surface area contributed by atoms with Crippen LogP contribution in [0, 0.1) is 0 Å². The molecule has 0 saturated carbocycles. The number of nitrogens with zero attached hydrogens (tertiary/aromatic N) is 3. The molecule has 18 rings (SSSR count). The van der Waals surface area contributed by atoms with E-state index in [1.54, 1.807) is 0 Å². The van der Waals surface area contributed by atoms with Crippen molar-refractivity contribution in [3.63, 3.8) is 0 Å². The van der Waals surface area contributed by atoms with Gasteiger partial charge in [-0.05, 0) is 165 Å². The third kappa shape index (κ3) is 6.53. The lowest BCUT2D eigenvalue weighted by Gasteiger charge is -2.36. The van der Waals surface area contributed by atoms with E-state index in [9.17, 15) is 0 Å². The van der Waals surface area contributed by atoms with E-state index in [2.05, 4.69) is 303 Å². The second-order valence-corrected chi connectivity index (χ2v) is 30.1. The highest BCUT2D eigenvalue weighted by molar-refractivity contribution is 7.00. The molecule has 0 saturated heterocycles. The first-order chi connectivity index (χ1) is 41.7. The van der Waals surface area contributed by atoms with Gasteiger partial charge in [-0.25, -0.2) is 0 Å². The van der Waals surface area contributed by atoms with Crippen LogP contribution in [0.2, 0.25) is 0 Å². The lowest BCUT2D eigenvalue weighted by Crippen LogP contribution is -2.59. The standard InChI is InChI=1S/C83H70BN3/c1-79(2,3)47-35-37-70-60(39-47)62-41-49(81(7,8)9)43-67-77(62)86(70)72-45-51(46-73-75(72)84(67)68-44-50(82(10,11)12)42-63-61-40-48(80(4,5)6)36-38-71(61)87(73)78(63)68)85-69-34-20-16-26-55(69)58-29-22-30-59(76(58)85)57-28-21-27-56-54-25-15-19-33-66(54)83(74(56)57)64-31-17-13-23-52(64)53-24-14-18-32-65(53)83/h13-46H,1-12H3. The van der Waals surface area contributed by atoms with Crippen LogP contribution in [0.1, 0.15) is 128 Å². The second kappa shape index (κ2) is 16.7. The first kappa shape index (κ1) is 51.1. The van der Waals surface area contributed by atoms with Gasteiger partial charge < -0.3 is 13.7 Å². The summed E-state index contributed by atoms with van der Waals surface area (Å²) in [7, 11) is 0. The molecule has 4 aliphatic rings. The van der Waals surface area contributed by atoms with Crippen molar-refractivity contribution in [1.82, 2.24) is 13.7 Å². The Labute approximate surface area is 510 Å². The summed E-state index contributed by atoms with van der Waals surface area (Å²) in [4.78, 5) is 0. The molecule has 87 heavy (non-hydrogen) atoms. The van der Waals surface area contributed by atoms with Gasteiger partial charge in [0.2, 0.25) is 0 Å². The molecule has 420 valence electrons. The van der Waals surface area contributed by atoms with E-state index in [-0.39, 0.29) is 28.4 Å². The van der Waals surface area contributed by atoms with Crippen molar-refractivity contribution >= 4 is 88.5 Å². The summed E-state index contributed by atoms with van der Waals surface area (Å²) in [6, 6.07) is 81.4. The summed E-state index contributed by atoms with van der Waals surface area (Å²) in [6.45, 7) is 28.5. The van der Waals surface area contributed by atoms with Crippen LogP contribution in [0.3, 0.4) is 0 Å². The van der Waals surface area contributed by atoms with E-state index in [0.29, 0.717) is 0 Å². The monoisotopic (exact) mass is 1120 g/mol. The Morgan fingerprint density at radius 1 is 0.299 bits per heavy atom. The van der Waals surface area contributed by atoms with Crippen LogP contribution >= 0.6 is 0 Å². The van der Waals surface area contributed by atoms with E-state index < -0.39 is 5.41 Å². The molecule has 2 aliphatic heterocycles. The molecule has 0 atom stereocenters. The van der Waals surface area contributed by atoms with E-state index in [0.717, 1.165) is 5.69 Å². The van der Waals surface area contributed by atoms with Crippen molar-refractivity contribution in [3.8, 4) is 50.4 Å². The molecular weight excluding hydrogens is 1050 g/mol. The number of rotatable bonds is 2. The van der Waals surface area contributed by atoms with Crippen molar-refractivity contribution in [2.24, 2.45) is 0 Å². The van der Waals surface area contributed by atoms with E-state index in [4.69, 9.17) is 0 Å². The minimum absolute atomic E-state index is 0.0342. The lowest BCUT2D eigenvalue weighted by atomic mass is 9.34. The number of benzene rings is 11. The molecule has 0 unspecified atom stereocenters. The predicted octanol–water partition coefficient (Wildman–Crippen LogP) is 19.3. The van der Waals surface area contributed by atoms with E-state index in [1.165, 1.54) is 171 Å². The molecule has 2 aliphatic carbocycles. The maximum atomic E-state index is 2.70. The van der Waals surface area contributed by atoms with Crippen LogP contribution in [-0.4, -0.2) is 20.4 Å². The zero-order valence-corrected chi connectivity index (χ0v) is 52.0. The van der Waals surface area contributed by atoms with Crippen LogP contribution in [0.4, 0.5) is 0 Å². The van der Waals surface area contributed by atoms with Gasteiger partial charge in [0, 0.05) is 60.3 Å². The highest BCUT2D eigenvalue weighted by atomic mass is 15.1. The molecule has 0 bridgehead atoms. The van der Waals surface area contributed by atoms with E-state index >= 15 is 0 Å². The zero-order valence-electron chi connectivity index (χ0n) is 52.0. The summed E-state index contributed by atoms with van der Waals surface area (Å²) in [6.07, 6.45) is 0. The Morgan fingerprint density at radius 2 is 0.690 bits per heavy atom. The highest BCUT2D eigenvalue weighted by Gasteiger charge is 2.53. The Hall–Kier alpha value is -9.12. The minimum atomic E-state index is -0.526. The molecule has 0 N–H and O–H groups in total. The SMILES string of the molecule is CC(C)(C)c1ccc2c(c1)c1cc(C(C)(C)C)cc3c1n2-c1cc(-n2c4ccccc4c4cccc(-c5cccc6c5C5(c7ccccc7-c7ccccc75)c5ccccc5-6)c42)cc2c1B3c1cc(C(C)(C)C)cc3c4cc(C(C)(C)C)ccc4n-2c13. The molecule has 3 aromatic heterocycles. The predicted molar refractivity (Wildman–Crippen MR) is 371 cm³/mol. The molecule has 14 aromatic rings. The smallest absolute Gasteiger partial charge is 0.252 e. The fraction of sp³-hybridized carbons (Fsp3) is 0.205. The summed E-state index contributed by atoms with van der Waals surface area (Å²) >= 11 is 0. The van der Waals surface area contributed by atoms with Gasteiger partial charge in [0.1, 0.15) is 0 Å². The van der Waals surface area contributed by atoms with Gasteiger partial charge in [0.25, 0.3) is 6.71 Å². The fourth-order valence-corrected chi connectivity index (χ4v) is 16.9. The van der Waals surface area contributed by atoms with Crippen LogP contribution in [0.25, 0.3) is 116 Å². The molecule has 0 fully saturated rings. The number of hydrogen-bond acceptors (Lipinski definition) is 0. The molecule has 1 spiro atoms. The second-order valence-electron chi connectivity index (χ2n) is 30.1. The number of aromatic nitrogens is 3. The molecule has 5 heterocycles. The average molecular weight is 1120 g/mol. The summed E-state index contributed by atoms with van der Waals surface area (Å²) < 4.78 is 8.06. The van der Waals surface area contributed by atoms with Crippen LogP contribution < -0.4 is 16.4 Å². The van der Waals surface area contributed by atoms with Crippen molar-refractivity contribution in [1.29, 1.82) is 0 Å². The van der Waals surface area contributed by atoms with Crippen LogP contribution in [0.5, 0.6) is 0 Å². The van der Waals surface area contributed by atoms with Gasteiger partial charge in [-0.2, -0.15) is 0 Å². The van der Waals surface area contributed by atoms with Crippen molar-refractivity contribution in [2.75, 3.05) is 0 Å². The van der Waals surface area contributed by atoms with Crippen molar-refractivity contribution < 1.29 is 0 Å². The normalized spacial score (nSPS) is 14.5. The lowest BCUT2D eigenvalue weighted by molar-refractivity contribution is 0.590. The Kier molecular flexibility index (Phi) is 9.81. The number of hydrogen-bond donors (Lipinski definition) is 0. The summed E-state index contributed by atoms with van der Waals surface area (Å²) in [5.41, 5.74) is 33.2.